The highest BCUT2D eigenvalue weighted by molar-refractivity contribution is 9.10. The summed E-state index contributed by atoms with van der Waals surface area (Å²) in [5.41, 5.74) is 3.57. The van der Waals surface area contributed by atoms with Gasteiger partial charge in [-0.2, -0.15) is 4.31 Å². The number of hydrogen-bond donors (Lipinski definition) is 1. The van der Waals surface area contributed by atoms with E-state index < -0.39 is 10.0 Å². The molecule has 0 fully saturated rings. The highest BCUT2D eigenvalue weighted by atomic mass is 79.9. The van der Waals surface area contributed by atoms with Gasteiger partial charge in [0.2, 0.25) is 10.0 Å². The molecule has 0 radical (unpaired) electrons. The lowest BCUT2D eigenvalue weighted by Gasteiger charge is -2.24. The first-order valence-corrected chi connectivity index (χ1v) is 12.6. The van der Waals surface area contributed by atoms with Crippen LogP contribution in [0, 0.1) is 6.92 Å². The molecule has 0 unspecified atom stereocenters. The number of rotatable bonds is 9. The number of nitrogens with one attached hydrogen (secondary N) is 1. The van der Waals surface area contributed by atoms with Crippen molar-refractivity contribution in [3.8, 4) is 0 Å². The van der Waals surface area contributed by atoms with Crippen molar-refractivity contribution in [1.82, 2.24) is 9.62 Å². The van der Waals surface area contributed by atoms with Gasteiger partial charge in [0.05, 0.1) is 4.90 Å². The van der Waals surface area contributed by atoms with Gasteiger partial charge in [0.15, 0.2) is 0 Å². The number of nitrogens with zero attached hydrogens (tertiary/aromatic N) is 1. The predicted octanol–water partition coefficient (Wildman–Crippen LogP) is 5.65. The average molecular weight is 501 g/mol. The van der Waals surface area contributed by atoms with Crippen LogP contribution < -0.4 is 5.32 Å². The molecule has 0 aliphatic carbocycles. The molecule has 6 heteroatoms. The zero-order valence-corrected chi connectivity index (χ0v) is 20.6. The van der Waals surface area contributed by atoms with Gasteiger partial charge in [-0.15, -0.1) is 0 Å². The third-order valence-electron chi connectivity index (χ3n) is 5.09. The van der Waals surface area contributed by atoms with Crippen molar-refractivity contribution < 1.29 is 8.42 Å². The fraction of sp³-hybridized carbons (Fsp3) is 0.280. The molecule has 0 saturated carbocycles. The van der Waals surface area contributed by atoms with Crippen molar-refractivity contribution in [3.05, 3.63) is 99.5 Å². The second kappa shape index (κ2) is 10.6. The van der Waals surface area contributed by atoms with E-state index in [1.54, 1.807) is 10.4 Å². The first-order valence-electron chi connectivity index (χ1n) is 10.4. The third kappa shape index (κ3) is 6.26. The van der Waals surface area contributed by atoms with Gasteiger partial charge in [0.1, 0.15) is 0 Å². The first-order chi connectivity index (χ1) is 14.8. The molecule has 0 heterocycles. The van der Waals surface area contributed by atoms with Gasteiger partial charge in [-0.05, 0) is 41.3 Å². The van der Waals surface area contributed by atoms with Gasteiger partial charge in [-0.1, -0.05) is 90.4 Å². The zero-order chi connectivity index (χ0) is 22.4. The van der Waals surface area contributed by atoms with Crippen LogP contribution in [-0.2, 0) is 29.7 Å². The summed E-state index contributed by atoms with van der Waals surface area (Å²) in [7, 11) is -3.74. The van der Waals surface area contributed by atoms with Gasteiger partial charge in [-0.25, -0.2) is 8.42 Å². The molecule has 0 saturated heterocycles. The van der Waals surface area contributed by atoms with E-state index in [0.717, 1.165) is 26.7 Å². The van der Waals surface area contributed by atoms with Crippen LogP contribution in [-0.4, -0.2) is 18.8 Å². The van der Waals surface area contributed by atoms with Gasteiger partial charge in [0, 0.05) is 30.1 Å². The first kappa shape index (κ1) is 23.7. The van der Waals surface area contributed by atoms with E-state index in [4.69, 9.17) is 0 Å². The van der Waals surface area contributed by atoms with Crippen LogP contribution in [0.3, 0.4) is 0 Å². The maximum atomic E-state index is 13.9. The number of benzene rings is 3. The minimum atomic E-state index is -3.74. The van der Waals surface area contributed by atoms with Crippen molar-refractivity contribution in [3.63, 3.8) is 0 Å². The highest BCUT2D eigenvalue weighted by Crippen LogP contribution is 2.30. The smallest absolute Gasteiger partial charge is 0.243 e. The summed E-state index contributed by atoms with van der Waals surface area (Å²) in [4.78, 5) is 0.342. The van der Waals surface area contributed by atoms with E-state index in [1.807, 2.05) is 73.7 Å². The van der Waals surface area contributed by atoms with Gasteiger partial charge in [-0.3, -0.25) is 0 Å². The summed E-state index contributed by atoms with van der Waals surface area (Å²) in [6.07, 6.45) is 0. The molecule has 1 N–H and O–H groups in total. The number of sulfonamides is 1. The van der Waals surface area contributed by atoms with Gasteiger partial charge in [0.25, 0.3) is 0 Å². The minimum Gasteiger partial charge on any atom is -0.310 e. The van der Waals surface area contributed by atoms with Crippen molar-refractivity contribution in [2.75, 3.05) is 0 Å². The Hall–Kier alpha value is -1.99. The molecular formula is C25H29BrN2O2S. The fourth-order valence-electron chi connectivity index (χ4n) is 3.34. The molecule has 0 amide bonds. The average Bonchev–Trinajstić information content (AvgIpc) is 2.75. The lowest BCUT2D eigenvalue weighted by Crippen LogP contribution is -2.31. The number of hydrogen-bond acceptors (Lipinski definition) is 3. The lowest BCUT2D eigenvalue weighted by atomic mass is 10.1. The summed E-state index contributed by atoms with van der Waals surface area (Å²) >= 11 is 3.57. The molecule has 0 bridgehead atoms. The normalized spacial score (nSPS) is 11.9. The zero-order valence-electron chi connectivity index (χ0n) is 18.2. The van der Waals surface area contributed by atoms with Gasteiger partial charge < -0.3 is 5.32 Å². The Kier molecular flexibility index (Phi) is 8.06. The van der Waals surface area contributed by atoms with E-state index in [-0.39, 0.29) is 0 Å². The quantitative estimate of drug-likeness (QED) is 0.413. The van der Waals surface area contributed by atoms with Crippen molar-refractivity contribution in [2.45, 2.75) is 51.3 Å². The maximum Gasteiger partial charge on any atom is 0.243 e. The number of halogens is 1. The van der Waals surface area contributed by atoms with Crippen LogP contribution in [0.25, 0.3) is 0 Å². The Morgan fingerprint density at radius 1 is 0.871 bits per heavy atom. The Morgan fingerprint density at radius 3 is 1.87 bits per heavy atom. The summed E-state index contributed by atoms with van der Waals surface area (Å²) < 4.78 is 30.1. The molecule has 0 spiro atoms. The van der Waals surface area contributed by atoms with Crippen LogP contribution in [0.15, 0.2) is 82.2 Å². The molecule has 3 aromatic rings. The molecule has 164 valence electrons. The van der Waals surface area contributed by atoms with Gasteiger partial charge >= 0.3 is 0 Å². The molecule has 0 atom stereocenters. The van der Waals surface area contributed by atoms with E-state index >= 15 is 0 Å². The summed E-state index contributed by atoms with van der Waals surface area (Å²) in [5, 5.41) is 3.37. The van der Waals surface area contributed by atoms with Crippen molar-refractivity contribution in [1.29, 1.82) is 0 Å². The Balaban J connectivity index is 2.02. The molecule has 3 aromatic carbocycles. The highest BCUT2D eigenvalue weighted by Gasteiger charge is 2.28. The second-order valence-electron chi connectivity index (χ2n) is 7.98. The van der Waals surface area contributed by atoms with E-state index in [9.17, 15) is 8.42 Å². The van der Waals surface area contributed by atoms with E-state index in [0.29, 0.717) is 30.6 Å². The van der Waals surface area contributed by atoms with E-state index in [2.05, 4.69) is 35.1 Å². The maximum absolute atomic E-state index is 13.9. The molecule has 0 aliphatic heterocycles. The Morgan fingerprint density at radius 2 is 1.39 bits per heavy atom. The monoisotopic (exact) mass is 500 g/mol. The SMILES string of the molecule is Cc1c(Br)cc(CNC(C)C)cc1S(=O)(=O)N(Cc1ccccc1)Cc1ccccc1. The standard InChI is InChI=1S/C25H29BrN2O2S/c1-19(2)27-16-23-14-24(26)20(3)25(15-23)31(29,30)28(17-21-10-6-4-7-11-21)18-22-12-8-5-9-13-22/h4-15,19,27H,16-18H2,1-3H3. The molecular weight excluding hydrogens is 472 g/mol. The van der Waals surface area contributed by atoms with Crippen LogP contribution >= 0.6 is 15.9 Å². The lowest BCUT2D eigenvalue weighted by molar-refractivity contribution is 0.400. The second-order valence-corrected chi connectivity index (χ2v) is 10.7. The Bertz CT molecular complexity index is 1060. The summed E-state index contributed by atoms with van der Waals surface area (Å²) in [5.74, 6) is 0. The van der Waals surface area contributed by atoms with Crippen LogP contribution in [0.5, 0.6) is 0 Å². The summed E-state index contributed by atoms with van der Waals surface area (Å²) in [6, 6.07) is 23.5. The fourth-order valence-corrected chi connectivity index (χ4v) is 5.69. The summed E-state index contributed by atoms with van der Waals surface area (Å²) in [6.45, 7) is 7.22. The third-order valence-corrected chi connectivity index (χ3v) is 7.83. The molecule has 0 aromatic heterocycles. The van der Waals surface area contributed by atoms with Crippen LogP contribution in [0.4, 0.5) is 0 Å². The molecule has 31 heavy (non-hydrogen) atoms. The van der Waals surface area contributed by atoms with Crippen molar-refractivity contribution in [2.24, 2.45) is 0 Å². The molecule has 3 rings (SSSR count). The van der Waals surface area contributed by atoms with E-state index in [1.165, 1.54) is 0 Å². The molecule has 0 aliphatic rings. The van der Waals surface area contributed by atoms with Crippen LogP contribution in [0.2, 0.25) is 0 Å². The van der Waals surface area contributed by atoms with Crippen LogP contribution in [0.1, 0.15) is 36.1 Å². The minimum absolute atomic E-state index is 0.309. The predicted molar refractivity (Wildman–Crippen MR) is 130 cm³/mol. The largest absolute Gasteiger partial charge is 0.310 e. The van der Waals surface area contributed by atoms with Crippen molar-refractivity contribution >= 4 is 26.0 Å². The topological polar surface area (TPSA) is 49.4 Å². The molecule has 4 nitrogen and oxygen atoms in total. The Labute approximate surface area is 194 Å².